The third-order valence-electron chi connectivity index (χ3n) is 11.2. The van der Waals surface area contributed by atoms with E-state index in [4.69, 9.17) is 4.42 Å². The Morgan fingerprint density at radius 3 is 1.69 bits per heavy atom. The Balaban J connectivity index is 1.11. The minimum absolute atomic E-state index is 0.303. The fourth-order valence-electron chi connectivity index (χ4n) is 8.87. The van der Waals surface area contributed by atoms with Crippen molar-refractivity contribution in [3.05, 3.63) is 194 Å². The van der Waals surface area contributed by atoms with Gasteiger partial charge in [-0.25, -0.2) is 0 Å². The highest BCUT2D eigenvalue weighted by Gasteiger charge is 2.24. The average molecular weight is 707 g/mol. The Morgan fingerprint density at radius 1 is 0.444 bits per heavy atom. The molecule has 254 valence electrons. The molecule has 0 saturated heterocycles. The molecule has 8 aromatic carbocycles. The van der Waals surface area contributed by atoms with E-state index in [9.17, 15) is 0 Å². The van der Waals surface area contributed by atoms with Crippen molar-refractivity contribution in [1.29, 1.82) is 0 Å². The van der Waals surface area contributed by atoms with Crippen LogP contribution in [0.3, 0.4) is 0 Å². The summed E-state index contributed by atoms with van der Waals surface area (Å²) in [5.41, 5.74) is 12.0. The van der Waals surface area contributed by atoms with Crippen LogP contribution in [0.4, 0.5) is 0 Å². The van der Waals surface area contributed by atoms with Crippen molar-refractivity contribution >= 4 is 64.9 Å². The van der Waals surface area contributed by atoms with Crippen LogP contribution in [-0.4, -0.2) is 0 Å². The average Bonchev–Trinajstić information content (AvgIpc) is 3.83. The molecule has 0 aliphatic heterocycles. The van der Waals surface area contributed by atoms with Gasteiger partial charge in [0.1, 0.15) is 11.2 Å². The Bertz CT molecular complexity index is 3060. The van der Waals surface area contributed by atoms with Crippen LogP contribution in [0.5, 0.6) is 0 Å². The summed E-state index contributed by atoms with van der Waals surface area (Å²) >= 11 is 1.93. The minimum atomic E-state index is 0.303. The van der Waals surface area contributed by atoms with Crippen molar-refractivity contribution in [1.82, 2.24) is 0 Å². The Hall–Kier alpha value is -6.48. The quantitative estimate of drug-likeness (QED) is 0.162. The lowest BCUT2D eigenvalue weighted by Gasteiger charge is -2.18. The Morgan fingerprint density at radius 2 is 1.00 bits per heavy atom. The zero-order valence-corrected chi connectivity index (χ0v) is 30.3. The van der Waals surface area contributed by atoms with E-state index in [1.165, 1.54) is 86.4 Å². The van der Waals surface area contributed by atoms with Crippen molar-refractivity contribution in [2.45, 2.75) is 12.3 Å². The zero-order chi connectivity index (χ0) is 35.6. The van der Waals surface area contributed by atoms with E-state index in [0.29, 0.717) is 5.92 Å². The van der Waals surface area contributed by atoms with Gasteiger partial charge in [0.25, 0.3) is 0 Å². The van der Waals surface area contributed by atoms with Gasteiger partial charge in [-0.2, -0.15) is 0 Å². The lowest BCUT2D eigenvalue weighted by Crippen LogP contribution is -1.97. The second-order valence-corrected chi connectivity index (χ2v) is 15.3. The van der Waals surface area contributed by atoms with Gasteiger partial charge in [0.2, 0.25) is 0 Å². The molecule has 0 spiro atoms. The zero-order valence-electron chi connectivity index (χ0n) is 29.5. The minimum Gasteiger partial charge on any atom is -0.456 e. The van der Waals surface area contributed by atoms with Gasteiger partial charge >= 0.3 is 0 Å². The van der Waals surface area contributed by atoms with Gasteiger partial charge in [-0.05, 0) is 84.4 Å². The summed E-state index contributed by atoms with van der Waals surface area (Å²) in [5.74, 6) is 0.303. The molecule has 2 heterocycles. The maximum atomic E-state index is 6.34. The Kier molecular flexibility index (Phi) is 7.24. The summed E-state index contributed by atoms with van der Waals surface area (Å²) in [6, 6.07) is 59.7. The number of rotatable bonds is 5. The summed E-state index contributed by atoms with van der Waals surface area (Å²) in [7, 11) is 0. The van der Waals surface area contributed by atoms with Crippen LogP contribution < -0.4 is 0 Å². The maximum absolute atomic E-state index is 6.34. The molecule has 11 rings (SSSR count). The van der Waals surface area contributed by atoms with E-state index in [0.717, 1.165) is 23.0 Å². The molecule has 0 N–H and O–H groups in total. The number of allylic oxidation sites excluding steroid dienone is 4. The van der Waals surface area contributed by atoms with Crippen LogP contribution in [0.15, 0.2) is 193 Å². The third kappa shape index (κ3) is 4.84. The van der Waals surface area contributed by atoms with E-state index in [1.54, 1.807) is 0 Å². The van der Waals surface area contributed by atoms with Gasteiger partial charge in [0.15, 0.2) is 0 Å². The molecule has 1 aliphatic carbocycles. The molecular formula is C52H34OS. The second-order valence-electron chi connectivity index (χ2n) is 14.2. The van der Waals surface area contributed by atoms with Gasteiger partial charge in [-0.1, -0.05) is 176 Å². The predicted octanol–water partition coefficient (Wildman–Crippen LogP) is 15.4. The van der Waals surface area contributed by atoms with Gasteiger partial charge < -0.3 is 4.42 Å². The monoisotopic (exact) mass is 706 g/mol. The molecule has 10 aromatic rings. The van der Waals surface area contributed by atoms with Gasteiger partial charge in [0.05, 0.1) is 0 Å². The topological polar surface area (TPSA) is 13.1 Å². The standard InChI is InChI=1S/C52H34OS/c1-3-15-33(16-4-1)47-37-19-7-9-21-39(37)48(40-22-10-8-20-38(40)47)35-29-31-36(32-30-35)51-49(34-17-5-2-6-18-34)44-26-13-25-42(52(44)54-51)41-24-14-28-46-50(41)43-23-11-12-27-45(43)53-46/h1-17,19-32,34H,18H2. The molecule has 2 heteroatoms. The molecule has 0 radical (unpaired) electrons. The molecule has 0 fully saturated rings. The lowest BCUT2D eigenvalue weighted by molar-refractivity contribution is 0.669. The van der Waals surface area contributed by atoms with Crippen LogP contribution in [0.2, 0.25) is 0 Å². The normalized spacial score (nSPS) is 14.3. The molecule has 0 saturated carbocycles. The van der Waals surface area contributed by atoms with Crippen LogP contribution in [0.25, 0.3) is 97.4 Å². The first-order chi connectivity index (χ1) is 26.8. The van der Waals surface area contributed by atoms with E-state index < -0.39 is 0 Å². The highest BCUT2D eigenvalue weighted by molar-refractivity contribution is 7.23. The van der Waals surface area contributed by atoms with Crippen molar-refractivity contribution in [2.24, 2.45) is 0 Å². The fourth-order valence-corrected chi connectivity index (χ4v) is 10.3. The van der Waals surface area contributed by atoms with Gasteiger partial charge in [-0.15, -0.1) is 11.3 Å². The number of para-hydroxylation sites is 1. The molecule has 54 heavy (non-hydrogen) atoms. The van der Waals surface area contributed by atoms with Crippen LogP contribution in [-0.2, 0) is 0 Å². The summed E-state index contributed by atoms with van der Waals surface area (Å²) in [5, 5.41) is 8.77. The smallest absolute Gasteiger partial charge is 0.136 e. The summed E-state index contributed by atoms with van der Waals surface area (Å²) in [4.78, 5) is 1.34. The number of fused-ring (bicyclic) bond motifs is 6. The van der Waals surface area contributed by atoms with Crippen molar-refractivity contribution in [2.75, 3.05) is 0 Å². The number of benzene rings is 8. The van der Waals surface area contributed by atoms with Gasteiger partial charge in [-0.3, -0.25) is 0 Å². The SMILES string of the molecule is C1=CCC(c2c(-c3ccc(-c4c5ccccc5c(-c5ccccc5)c5ccccc45)cc3)sc3c(-c4cccc5oc6ccccc6c45)cccc23)C=C1. The molecule has 2 aromatic heterocycles. The van der Waals surface area contributed by atoms with E-state index in [1.807, 2.05) is 17.4 Å². The molecule has 0 amide bonds. The molecular weight excluding hydrogens is 673 g/mol. The highest BCUT2D eigenvalue weighted by atomic mass is 32.1. The number of hydrogen-bond acceptors (Lipinski definition) is 2. The Labute approximate surface area is 317 Å². The maximum Gasteiger partial charge on any atom is 0.136 e. The number of thiophene rings is 1. The first-order valence-corrected chi connectivity index (χ1v) is 19.5. The second kappa shape index (κ2) is 12.6. The van der Waals surface area contributed by atoms with E-state index >= 15 is 0 Å². The van der Waals surface area contributed by atoms with Crippen molar-refractivity contribution in [3.63, 3.8) is 0 Å². The molecule has 1 atom stereocenters. The van der Waals surface area contributed by atoms with E-state index in [2.05, 4.69) is 182 Å². The summed E-state index contributed by atoms with van der Waals surface area (Å²) < 4.78 is 7.66. The number of furan rings is 1. The van der Waals surface area contributed by atoms with Crippen molar-refractivity contribution in [3.8, 4) is 43.8 Å². The van der Waals surface area contributed by atoms with Crippen molar-refractivity contribution < 1.29 is 4.42 Å². The fraction of sp³-hybridized carbons (Fsp3) is 0.0385. The molecule has 1 unspecified atom stereocenters. The molecule has 0 bridgehead atoms. The lowest BCUT2D eigenvalue weighted by atomic mass is 9.85. The van der Waals surface area contributed by atoms with Crippen LogP contribution in [0.1, 0.15) is 17.9 Å². The largest absolute Gasteiger partial charge is 0.456 e. The van der Waals surface area contributed by atoms with Crippen LogP contribution in [0, 0.1) is 0 Å². The first kappa shape index (κ1) is 31.1. The highest BCUT2D eigenvalue weighted by Crippen LogP contribution is 2.50. The summed E-state index contributed by atoms with van der Waals surface area (Å²) in [6.45, 7) is 0. The molecule has 1 aliphatic rings. The summed E-state index contributed by atoms with van der Waals surface area (Å²) in [6.07, 6.45) is 10.1. The predicted molar refractivity (Wildman–Crippen MR) is 231 cm³/mol. The van der Waals surface area contributed by atoms with Crippen LogP contribution >= 0.6 is 11.3 Å². The third-order valence-corrected chi connectivity index (χ3v) is 12.5. The number of hydrogen-bond donors (Lipinski definition) is 0. The van der Waals surface area contributed by atoms with Gasteiger partial charge in [0, 0.05) is 31.8 Å². The molecule has 1 nitrogen and oxygen atoms in total. The first-order valence-electron chi connectivity index (χ1n) is 18.7. The van der Waals surface area contributed by atoms with E-state index in [-0.39, 0.29) is 0 Å².